The molecule has 0 radical (unpaired) electrons. The maximum absolute atomic E-state index is 11.7. The molecule has 4 nitrogen and oxygen atoms in total. The zero-order valence-electron chi connectivity index (χ0n) is 9.35. The summed E-state index contributed by atoms with van der Waals surface area (Å²) in [6.45, 7) is 0. The van der Waals surface area contributed by atoms with Gasteiger partial charge in [-0.3, -0.25) is 4.79 Å². The average Bonchev–Trinajstić information content (AvgIpc) is 2.81. The third-order valence-corrected chi connectivity index (χ3v) is 3.54. The Labute approximate surface area is 95.0 Å². The van der Waals surface area contributed by atoms with Crippen LogP contribution in [0.4, 0.5) is 5.82 Å². The monoisotopic (exact) mass is 219 g/mol. The highest BCUT2D eigenvalue weighted by Gasteiger charge is 2.30. The van der Waals surface area contributed by atoms with Crippen molar-refractivity contribution in [3.63, 3.8) is 0 Å². The number of aromatic nitrogens is 2. The van der Waals surface area contributed by atoms with Crippen molar-refractivity contribution in [3.05, 3.63) is 12.3 Å². The SMILES string of the molecule is O=C(Nc1ccnn1C1CCCC1)C1CC1. The van der Waals surface area contributed by atoms with Crippen LogP contribution < -0.4 is 5.32 Å². The summed E-state index contributed by atoms with van der Waals surface area (Å²) >= 11 is 0. The molecule has 2 aliphatic rings. The fraction of sp³-hybridized carbons (Fsp3) is 0.667. The molecule has 1 aromatic rings. The molecule has 0 bridgehead atoms. The first kappa shape index (κ1) is 9.87. The molecule has 2 aliphatic carbocycles. The van der Waals surface area contributed by atoms with Gasteiger partial charge in [-0.1, -0.05) is 12.8 Å². The zero-order valence-corrected chi connectivity index (χ0v) is 9.35. The topological polar surface area (TPSA) is 46.9 Å². The zero-order chi connectivity index (χ0) is 11.0. The van der Waals surface area contributed by atoms with E-state index in [1.54, 1.807) is 6.20 Å². The molecule has 0 unspecified atom stereocenters. The molecule has 16 heavy (non-hydrogen) atoms. The Morgan fingerprint density at radius 3 is 2.75 bits per heavy atom. The number of carbonyl (C=O) groups is 1. The molecule has 0 aliphatic heterocycles. The van der Waals surface area contributed by atoms with E-state index in [0.29, 0.717) is 6.04 Å². The third kappa shape index (κ3) is 1.84. The van der Waals surface area contributed by atoms with Gasteiger partial charge in [0.05, 0.1) is 12.2 Å². The molecule has 4 heteroatoms. The van der Waals surface area contributed by atoms with Crippen molar-refractivity contribution >= 4 is 11.7 Å². The molecule has 0 atom stereocenters. The van der Waals surface area contributed by atoms with E-state index in [2.05, 4.69) is 10.4 Å². The van der Waals surface area contributed by atoms with Gasteiger partial charge in [0.25, 0.3) is 0 Å². The van der Waals surface area contributed by atoms with Crippen molar-refractivity contribution in [2.75, 3.05) is 5.32 Å². The van der Waals surface area contributed by atoms with Crippen molar-refractivity contribution in [3.8, 4) is 0 Å². The van der Waals surface area contributed by atoms with Gasteiger partial charge in [-0.15, -0.1) is 0 Å². The molecule has 86 valence electrons. The summed E-state index contributed by atoms with van der Waals surface area (Å²) in [6.07, 6.45) is 8.80. The van der Waals surface area contributed by atoms with Crippen LogP contribution in [0, 0.1) is 5.92 Å². The van der Waals surface area contributed by atoms with E-state index in [4.69, 9.17) is 0 Å². The number of hydrogen-bond donors (Lipinski definition) is 1. The molecular formula is C12H17N3O. The molecule has 2 saturated carbocycles. The van der Waals surface area contributed by atoms with Gasteiger partial charge in [-0.05, 0) is 25.7 Å². The molecule has 1 aromatic heterocycles. The standard InChI is InChI=1S/C12H17N3O/c16-12(9-5-6-9)14-11-7-8-13-15(11)10-3-1-2-4-10/h7-10H,1-6H2,(H,14,16). The van der Waals surface area contributed by atoms with E-state index >= 15 is 0 Å². The van der Waals surface area contributed by atoms with Crippen LogP contribution in [0.1, 0.15) is 44.6 Å². The largest absolute Gasteiger partial charge is 0.311 e. The van der Waals surface area contributed by atoms with Gasteiger partial charge in [-0.2, -0.15) is 5.10 Å². The second-order valence-corrected chi connectivity index (χ2v) is 4.86. The molecular weight excluding hydrogens is 202 g/mol. The van der Waals surface area contributed by atoms with Crippen LogP contribution >= 0.6 is 0 Å². The first-order chi connectivity index (χ1) is 7.84. The molecule has 0 spiro atoms. The molecule has 1 heterocycles. The van der Waals surface area contributed by atoms with Gasteiger partial charge in [0.2, 0.25) is 5.91 Å². The Kier molecular flexibility index (Phi) is 2.42. The molecule has 1 N–H and O–H groups in total. The number of anilines is 1. The van der Waals surface area contributed by atoms with Gasteiger partial charge in [0.15, 0.2) is 0 Å². The lowest BCUT2D eigenvalue weighted by Gasteiger charge is -2.14. The average molecular weight is 219 g/mol. The fourth-order valence-electron chi connectivity index (χ4n) is 2.43. The minimum Gasteiger partial charge on any atom is -0.311 e. The van der Waals surface area contributed by atoms with Crippen molar-refractivity contribution in [2.24, 2.45) is 5.92 Å². The predicted molar refractivity (Wildman–Crippen MR) is 61.1 cm³/mol. The molecule has 3 rings (SSSR count). The normalized spacial score (nSPS) is 21.2. The van der Waals surface area contributed by atoms with E-state index in [9.17, 15) is 4.79 Å². The Morgan fingerprint density at radius 1 is 1.31 bits per heavy atom. The third-order valence-electron chi connectivity index (χ3n) is 3.54. The van der Waals surface area contributed by atoms with Gasteiger partial charge in [-0.25, -0.2) is 4.68 Å². The Morgan fingerprint density at radius 2 is 2.06 bits per heavy atom. The van der Waals surface area contributed by atoms with Gasteiger partial charge in [0, 0.05) is 12.0 Å². The summed E-state index contributed by atoms with van der Waals surface area (Å²) in [5.41, 5.74) is 0. The summed E-state index contributed by atoms with van der Waals surface area (Å²) in [7, 11) is 0. The van der Waals surface area contributed by atoms with Crippen molar-refractivity contribution in [2.45, 2.75) is 44.6 Å². The van der Waals surface area contributed by atoms with Crippen LogP contribution in [0.2, 0.25) is 0 Å². The van der Waals surface area contributed by atoms with Gasteiger partial charge in [0.1, 0.15) is 5.82 Å². The van der Waals surface area contributed by atoms with Gasteiger partial charge < -0.3 is 5.32 Å². The van der Waals surface area contributed by atoms with E-state index in [1.807, 2.05) is 10.7 Å². The fourth-order valence-corrected chi connectivity index (χ4v) is 2.43. The van der Waals surface area contributed by atoms with E-state index in [-0.39, 0.29) is 11.8 Å². The maximum Gasteiger partial charge on any atom is 0.228 e. The number of rotatable bonds is 3. The summed E-state index contributed by atoms with van der Waals surface area (Å²) in [4.78, 5) is 11.7. The highest BCUT2D eigenvalue weighted by Crippen LogP contribution is 2.33. The van der Waals surface area contributed by atoms with Crippen LogP contribution in [-0.2, 0) is 4.79 Å². The van der Waals surface area contributed by atoms with Crippen LogP contribution in [0.5, 0.6) is 0 Å². The van der Waals surface area contributed by atoms with E-state index < -0.39 is 0 Å². The van der Waals surface area contributed by atoms with Crippen molar-refractivity contribution < 1.29 is 4.79 Å². The van der Waals surface area contributed by atoms with Crippen molar-refractivity contribution in [1.29, 1.82) is 0 Å². The lowest BCUT2D eigenvalue weighted by Crippen LogP contribution is -2.18. The van der Waals surface area contributed by atoms with Crippen LogP contribution in [0.3, 0.4) is 0 Å². The molecule has 2 fully saturated rings. The number of amides is 1. The Bertz CT molecular complexity index is 389. The molecule has 0 aromatic carbocycles. The van der Waals surface area contributed by atoms with Gasteiger partial charge >= 0.3 is 0 Å². The van der Waals surface area contributed by atoms with E-state index in [0.717, 1.165) is 18.7 Å². The maximum atomic E-state index is 11.7. The van der Waals surface area contributed by atoms with Crippen LogP contribution in [-0.4, -0.2) is 15.7 Å². The lowest BCUT2D eigenvalue weighted by molar-refractivity contribution is -0.117. The smallest absolute Gasteiger partial charge is 0.228 e. The first-order valence-corrected chi connectivity index (χ1v) is 6.19. The Balaban J connectivity index is 1.73. The van der Waals surface area contributed by atoms with Crippen LogP contribution in [0.25, 0.3) is 0 Å². The number of nitrogens with one attached hydrogen (secondary N) is 1. The second-order valence-electron chi connectivity index (χ2n) is 4.86. The number of hydrogen-bond acceptors (Lipinski definition) is 2. The minimum absolute atomic E-state index is 0.166. The number of nitrogens with zero attached hydrogens (tertiary/aromatic N) is 2. The quantitative estimate of drug-likeness (QED) is 0.848. The van der Waals surface area contributed by atoms with E-state index in [1.165, 1.54) is 25.7 Å². The first-order valence-electron chi connectivity index (χ1n) is 6.19. The van der Waals surface area contributed by atoms with Crippen LogP contribution in [0.15, 0.2) is 12.3 Å². The second kappa shape index (κ2) is 3.92. The summed E-state index contributed by atoms with van der Waals surface area (Å²) in [5, 5.41) is 7.32. The lowest BCUT2D eigenvalue weighted by atomic mass is 10.2. The predicted octanol–water partition coefficient (Wildman–Crippen LogP) is 2.35. The summed E-state index contributed by atoms with van der Waals surface area (Å²) in [6, 6.07) is 2.39. The highest BCUT2D eigenvalue weighted by molar-refractivity contribution is 5.93. The number of carbonyl (C=O) groups excluding carboxylic acids is 1. The Hall–Kier alpha value is -1.32. The molecule has 1 amide bonds. The summed E-state index contributed by atoms with van der Waals surface area (Å²) in [5.74, 6) is 1.30. The highest BCUT2D eigenvalue weighted by atomic mass is 16.2. The minimum atomic E-state index is 0.166. The molecule has 0 saturated heterocycles. The van der Waals surface area contributed by atoms with Crippen molar-refractivity contribution in [1.82, 2.24) is 9.78 Å². The summed E-state index contributed by atoms with van der Waals surface area (Å²) < 4.78 is 1.99.